The van der Waals surface area contributed by atoms with Gasteiger partial charge in [0.05, 0.1) is 12.7 Å². The molecule has 0 unspecified atom stereocenters. The van der Waals surface area contributed by atoms with Crippen molar-refractivity contribution in [3.8, 4) is 5.75 Å². The topological polar surface area (TPSA) is 51.2 Å². The van der Waals surface area contributed by atoms with Gasteiger partial charge in [-0.15, -0.1) is 0 Å². The van der Waals surface area contributed by atoms with Gasteiger partial charge in [0, 0.05) is 10.7 Å². The third-order valence-corrected chi connectivity index (χ3v) is 2.84. The van der Waals surface area contributed by atoms with Crippen LogP contribution >= 0.6 is 15.9 Å². The monoisotopic (exact) mass is 324 g/mol. The van der Waals surface area contributed by atoms with Crippen molar-refractivity contribution in [2.24, 2.45) is 0 Å². The maximum absolute atomic E-state index is 13.2. The Hall–Kier alpha value is -1.95. The van der Waals surface area contributed by atoms with Crippen molar-refractivity contribution in [2.75, 3.05) is 12.4 Å². The molecule has 0 spiro atoms. The molecule has 98 valence electrons. The minimum Gasteiger partial charge on any atom is -0.496 e. The third-order valence-electron chi connectivity index (χ3n) is 2.38. The number of rotatable bonds is 3. The van der Waals surface area contributed by atoms with Gasteiger partial charge in [-0.05, 0) is 46.3 Å². The van der Waals surface area contributed by atoms with Gasteiger partial charge in [-0.25, -0.2) is 9.37 Å². The van der Waals surface area contributed by atoms with Crippen LogP contribution in [-0.2, 0) is 0 Å². The first-order chi connectivity index (χ1) is 9.10. The Morgan fingerprint density at radius 2 is 2.16 bits per heavy atom. The normalized spacial score (nSPS) is 10.1. The van der Waals surface area contributed by atoms with Crippen LogP contribution in [0.3, 0.4) is 0 Å². The predicted molar refractivity (Wildman–Crippen MR) is 72.8 cm³/mol. The fourth-order valence-electron chi connectivity index (χ4n) is 1.49. The molecule has 1 amide bonds. The van der Waals surface area contributed by atoms with E-state index in [-0.39, 0.29) is 5.56 Å². The smallest absolute Gasteiger partial charge is 0.260 e. The number of carbonyl (C=O) groups excluding carboxylic acids is 1. The van der Waals surface area contributed by atoms with Gasteiger partial charge in [0.15, 0.2) is 0 Å². The molecular weight excluding hydrogens is 315 g/mol. The molecule has 0 aliphatic carbocycles. The predicted octanol–water partition coefficient (Wildman–Crippen LogP) is 3.24. The second-order valence-electron chi connectivity index (χ2n) is 3.66. The Morgan fingerprint density at radius 1 is 1.37 bits per heavy atom. The number of benzene rings is 1. The van der Waals surface area contributed by atoms with E-state index >= 15 is 0 Å². The molecule has 0 bridgehead atoms. The average molecular weight is 325 g/mol. The zero-order valence-electron chi connectivity index (χ0n) is 9.98. The van der Waals surface area contributed by atoms with E-state index in [1.54, 1.807) is 18.3 Å². The number of nitrogens with one attached hydrogen (secondary N) is 1. The molecule has 2 aromatic rings. The summed E-state index contributed by atoms with van der Waals surface area (Å²) < 4.78 is 19.0. The van der Waals surface area contributed by atoms with Crippen LogP contribution in [0, 0.1) is 5.82 Å². The number of amides is 1. The van der Waals surface area contributed by atoms with Gasteiger partial charge in [-0.1, -0.05) is 0 Å². The number of hydrogen-bond donors (Lipinski definition) is 1. The van der Waals surface area contributed by atoms with Gasteiger partial charge in [-0.3, -0.25) is 4.79 Å². The van der Waals surface area contributed by atoms with Crippen LogP contribution in [0.25, 0.3) is 0 Å². The van der Waals surface area contributed by atoms with E-state index in [4.69, 9.17) is 4.74 Å². The highest BCUT2D eigenvalue weighted by Gasteiger charge is 2.14. The lowest BCUT2D eigenvalue weighted by Gasteiger charge is -2.08. The van der Waals surface area contributed by atoms with Crippen molar-refractivity contribution in [2.45, 2.75) is 0 Å². The maximum atomic E-state index is 13.2. The molecule has 6 heteroatoms. The molecule has 1 aromatic heterocycles. The second kappa shape index (κ2) is 5.79. The number of hydrogen-bond acceptors (Lipinski definition) is 3. The highest BCUT2D eigenvalue weighted by Crippen LogP contribution is 2.20. The second-order valence-corrected chi connectivity index (χ2v) is 4.58. The van der Waals surface area contributed by atoms with Gasteiger partial charge in [0.25, 0.3) is 5.91 Å². The Morgan fingerprint density at radius 3 is 2.79 bits per heavy atom. The summed E-state index contributed by atoms with van der Waals surface area (Å²) in [5.41, 5.74) is 0.118. The van der Waals surface area contributed by atoms with Crippen molar-refractivity contribution in [1.29, 1.82) is 0 Å². The minimum absolute atomic E-state index is 0.118. The molecule has 19 heavy (non-hydrogen) atoms. The molecule has 0 saturated carbocycles. The van der Waals surface area contributed by atoms with Gasteiger partial charge in [0.2, 0.25) is 0 Å². The van der Waals surface area contributed by atoms with E-state index in [1.165, 1.54) is 19.2 Å². The molecule has 1 heterocycles. The Labute approximate surface area is 117 Å². The summed E-state index contributed by atoms with van der Waals surface area (Å²) in [6.45, 7) is 0. The van der Waals surface area contributed by atoms with Crippen molar-refractivity contribution < 1.29 is 13.9 Å². The van der Waals surface area contributed by atoms with Crippen LogP contribution in [0.1, 0.15) is 10.4 Å². The van der Waals surface area contributed by atoms with Gasteiger partial charge < -0.3 is 10.1 Å². The first-order valence-electron chi connectivity index (χ1n) is 5.36. The summed E-state index contributed by atoms with van der Waals surface area (Å²) >= 11 is 3.24. The lowest BCUT2D eigenvalue weighted by molar-refractivity contribution is 0.102. The Bertz CT molecular complexity index is 602. The first kappa shape index (κ1) is 13.5. The van der Waals surface area contributed by atoms with E-state index in [9.17, 15) is 9.18 Å². The number of ether oxygens (including phenoxy) is 1. The molecule has 0 radical (unpaired) electrons. The lowest BCUT2D eigenvalue weighted by atomic mass is 10.2. The van der Waals surface area contributed by atoms with Crippen molar-refractivity contribution in [1.82, 2.24) is 4.98 Å². The zero-order valence-corrected chi connectivity index (χ0v) is 11.6. The maximum Gasteiger partial charge on any atom is 0.260 e. The highest BCUT2D eigenvalue weighted by atomic mass is 79.9. The Balaban J connectivity index is 2.24. The number of pyridine rings is 1. The van der Waals surface area contributed by atoms with E-state index in [2.05, 4.69) is 26.2 Å². The van der Waals surface area contributed by atoms with Crippen LogP contribution in [-0.4, -0.2) is 18.0 Å². The average Bonchev–Trinajstić information content (AvgIpc) is 2.41. The van der Waals surface area contributed by atoms with Crippen LogP contribution in [0.2, 0.25) is 0 Å². The molecule has 0 saturated heterocycles. The molecule has 0 aliphatic heterocycles. The largest absolute Gasteiger partial charge is 0.496 e. The number of nitrogens with zero attached hydrogens (tertiary/aromatic N) is 1. The van der Waals surface area contributed by atoms with Gasteiger partial charge >= 0.3 is 0 Å². The number of methoxy groups -OCH3 is 1. The van der Waals surface area contributed by atoms with Crippen molar-refractivity contribution in [3.05, 3.63) is 52.4 Å². The molecule has 4 nitrogen and oxygen atoms in total. The first-order valence-corrected chi connectivity index (χ1v) is 6.16. The number of carbonyl (C=O) groups is 1. The quantitative estimate of drug-likeness (QED) is 0.942. The van der Waals surface area contributed by atoms with Crippen molar-refractivity contribution in [3.63, 3.8) is 0 Å². The molecule has 1 aromatic carbocycles. The number of aromatic nitrogens is 1. The third kappa shape index (κ3) is 3.29. The number of halogens is 2. The summed E-state index contributed by atoms with van der Waals surface area (Å²) in [4.78, 5) is 16.0. The highest BCUT2D eigenvalue weighted by molar-refractivity contribution is 9.10. The standard InChI is InChI=1S/C13H10BrFN2O2/c1-19-11-4-3-9(15)6-10(11)13(18)17-12-5-2-8(14)7-16-12/h2-7H,1H3,(H,16,17,18). The summed E-state index contributed by atoms with van der Waals surface area (Å²) in [6, 6.07) is 7.12. The van der Waals surface area contributed by atoms with E-state index in [0.717, 1.165) is 10.5 Å². The lowest BCUT2D eigenvalue weighted by Crippen LogP contribution is -2.14. The van der Waals surface area contributed by atoms with E-state index in [1.807, 2.05) is 0 Å². The molecule has 0 aliphatic rings. The van der Waals surface area contributed by atoms with Gasteiger partial charge in [-0.2, -0.15) is 0 Å². The van der Waals surface area contributed by atoms with Crippen LogP contribution in [0.15, 0.2) is 41.0 Å². The summed E-state index contributed by atoms with van der Waals surface area (Å²) in [5, 5.41) is 2.57. The van der Waals surface area contributed by atoms with Crippen LogP contribution in [0.5, 0.6) is 5.75 Å². The van der Waals surface area contributed by atoms with Crippen LogP contribution in [0.4, 0.5) is 10.2 Å². The molecular formula is C13H10BrFN2O2. The van der Waals surface area contributed by atoms with Gasteiger partial charge in [0.1, 0.15) is 17.4 Å². The number of anilines is 1. The fraction of sp³-hybridized carbons (Fsp3) is 0.0769. The molecule has 0 fully saturated rings. The summed E-state index contributed by atoms with van der Waals surface area (Å²) in [6.07, 6.45) is 1.55. The Kier molecular flexibility index (Phi) is 4.11. The fourth-order valence-corrected chi connectivity index (χ4v) is 1.73. The molecule has 1 N–H and O–H groups in total. The minimum atomic E-state index is -0.505. The van der Waals surface area contributed by atoms with Crippen molar-refractivity contribution >= 4 is 27.7 Å². The van der Waals surface area contributed by atoms with E-state index < -0.39 is 11.7 Å². The SMILES string of the molecule is COc1ccc(F)cc1C(=O)Nc1ccc(Br)cn1. The summed E-state index contributed by atoms with van der Waals surface area (Å²) in [7, 11) is 1.42. The van der Waals surface area contributed by atoms with E-state index in [0.29, 0.717) is 11.6 Å². The summed E-state index contributed by atoms with van der Waals surface area (Å²) in [5.74, 6) is -0.309. The molecule has 0 atom stereocenters. The molecule has 2 rings (SSSR count). The van der Waals surface area contributed by atoms with Crippen LogP contribution < -0.4 is 10.1 Å². The zero-order chi connectivity index (χ0) is 13.8.